The fourth-order valence-corrected chi connectivity index (χ4v) is 4.01. The van der Waals surface area contributed by atoms with Crippen molar-refractivity contribution in [1.82, 2.24) is 40.3 Å². The van der Waals surface area contributed by atoms with Crippen molar-refractivity contribution in [2.75, 3.05) is 0 Å². The zero-order valence-electron chi connectivity index (χ0n) is 29.4. The third-order valence-corrected chi connectivity index (χ3v) is 6.26. The minimum atomic E-state index is -0.125. The van der Waals surface area contributed by atoms with Gasteiger partial charge in [-0.2, -0.15) is 5.10 Å². The first-order valence-corrected chi connectivity index (χ1v) is 15.4. The minimum Gasteiger partial charge on any atom is -0.572 e. The Balaban J connectivity index is 0.000000376. The molecule has 0 saturated heterocycles. The summed E-state index contributed by atoms with van der Waals surface area (Å²) in [5.74, 6) is 2.50. The summed E-state index contributed by atoms with van der Waals surface area (Å²) < 4.78 is 0. The van der Waals surface area contributed by atoms with Gasteiger partial charge in [0, 0.05) is 74.1 Å². The zero-order valence-corrected chi connectivity index (χ0v) is 31.7. The van der Waals surface area contributed by atoms with E-state index in [2.05, 4.69) is 110 Å². The number of nitrogens with one attached hydrogen (secondary N) is 1. The van der Waals surface area contributed by atoms with Crippen molar-refractivity contribution in [3.63, 3.8) is 0 Å². The summed E-state index contributed by atoms with van der Waals surface area (Å²) in [5, 5.41) is 24.1. The molecule has 2 N–H and O–H groups in total. The summed E-state index contributed by atoms with van der Waals surface area (Å²) >= 11 is 0. The van der Waals surface area contributed by atoms with Gasteiger partial charge in [0.2, 0.25) is 0 Å². The molecule has 0 unspecified atom stereocenters. The van der Waals surface area contributed by atoms with Crippen LogP contribution in [-0.2, 0) is 49.5 Å². The molecule has 0 atom stereocenters. The first kappa shape index (κ1) is 40.5. The van der Waals surface area contributed by atoms with Crippen LogP contribution in [0.3, 0.4) is 0 Å². The summed E-state index contributed by atoms with van der Waals surface area (Å²) in [4.78, 5) is 27.6. The van der Waals surface area contributed by atoms with Gasteiger partial charge in [-0.25, -0.2) is 19.9 Å². The number of nitrogens with zero attached hydrogens (tertiary/aromatic N) is 7. The predicted molar refractivity (Wildman–Crippen MR) is 180 cm³/mol. The molecule has 0 aliphatic rings. The largest absolute Gasteiger partial charge is 0.572 e. The van der Waals surface area contributed by atoms with Gasteiger partial charge in [0.25, 0.3) is 0 Å². The Kier molecular flexibility index (Phi) is 15.8. The fraction of sp³-hybridized carbons (Fsp3) is 0.514. The van der Waals surface area contributed by atoms with Crippen LogP contribution in [0.1, 0.15) is 106 Å². The predicted octanol–water partition coefficient (Wildman–Crippen LogP) is 7.39. The van der Waals surface area contributed by atoms with Gasteiger partial charge in [-0.1, -0.05) is 81.0 Å². The standard InChI is InChI=1S/C15H22N4.C15H21N4.C5H8O2.Pt/c2*1-10(2)6-11-8-16-14(17-9-11)12-7-13(19-18-12)15(3,4)5;1-4(6)3-5(2)7;/h7-10H,6H2,1-5H3,(H,18,19);7-10H,6H2,1-5H3;3,6H,1-2H3;/q;-1;;. The quantitative estimate of drug-likeness (QED) is 0.144. The molecule has 254 valence electrons. The first-order valence-electron chi connectivity index (χ1n) is 15.4. The molecule has 0 saturated carbocycles. The molecule has 4 aromatic heterocycles. The number of rotatable bonds is 7. The fourth-order valence-electron chi connectivity index (χ4n) is 4.01. The maximum absolute atomic E-state index is 10.0. The van der Waals surface area contributed by atoms with Crippen LogP contribution < -0.4 is 5.10 Å². The average Bonchev–Trinajstić information content (AvgIpc) is 3.60. The average molecular weight is 811 g/mol. The molecule has 4 rings (SSSR count). The van der Waals surface area contributed by atoms with Crippen LogP contribution in [0.4, 0.5) is 0 Å². The van der Waals surface area contributed by atoms with Crippen LogP contribution in [0.2, 0.25) is 0 Å². The van der Waals surface area contributed by atoms with Gasteiger partial charge < -0.3 is 15.3 Å². The number of aromatic amines is 1. The number of hydrogen-bond donors (Lipinski definition) is 2. The molecular weight excluding hydrogens is 760 g/mol. The van der Waals surface area contributed by atoms with Crippen molar-refractivity contribution in [3.05, 3.63) is 71.3 Å². The summed E-state index contributed by atoms with van der Waals surface area (Å²) in [6.45, 7) is 24.4. The Hall–Kier alpha value is -3.52. The van der Waals surface area contributed by atoms with Crippen LogP contribution in [0, 0.1) is 11.8 Å². The number of aromatic nitrogens is 8. The van der Waals surface area contributed by atoms with E-state index in [4.69, 9.17) is 5.11 Å². The van der Waals surface area contributed by atoms with Gasteiger partial charge in [-0.15, -0.1) is 0 Å². The Morgan fingerprint density at radius 3 is 1.63 bits per heavy atom. The van der Waals surface area contributed by atoms with Crippen molar-refractivity contribution in [3.8, 4) is 23.0 Å². The Labute approximate surface area is 289 Å². The third-order valence-electron chi connectivity index (χ3n) is 6.26. The Morgan fingerprint density at radius 1 is 0.826 bits per heavy atom. The first-order chi connectivity index (χ1) is 20.8. The molecule has 0 aliphatic heterocycles. The maximum atomic E-state index is 10.0. The number of allylic oxidation sites excluding steroid dienone is 2. The molecule has 0 fully saturated rings. The number of carbonyl (C=O) groups excluding carboxylic acids is 1. The SMILES string of the molecule is CC(=O)C=C(C)O.CC(C)Cc1cnc(-c2cc(C(C)(C)C)[nH]n2)nc1.CC(C)Cc1cnc(-c2cc(C(C)(C)C)n[n-]2)nc1.[Pt]. The number of hydrogen-bond acceptors (Lipinski definition) is 8. The normalized spacial score (nSPS) is 11.7. The van der Waals surface area contributed by atoms with Gasteiger partial charge in [0.15, 0.2) is 11.6 Å². The van der Waals surface area contributed by atoms with Gasteiger partial charge in [0.1, 0.15) is 11.5 Å². The molecule has 0 spiro atoms. The summed E-state index contributed by atoms with van der Waals surface area (Å²) in [7, 11) is 0. The van der Waals surface area contributed by atoms with Gasteiger partial charge in [-0.3, -0.25) is 9.89 Å². The summed E-state index contributed by atoms with van der Waals surface area (Å²) in [6.07, 6.45) is 10.7. The van der Waals surface area contributed by atoms with Crippen LogP contribution in [0.15, 0.2) is 48.8 Å². The zero-order chi connectivity index (χ0) is 33.9. The van der Waals surface area contributed by atoms with E-state index in [9.17, 15) is 4.79 Å². The van der Waals surface area contributed by atoms with Crippen LogP contribution in [-0.4, -0.2) is 46.1 Å². The molecule has 4 heterocycles. The van der Waals surface area contributed by atoms with Gasteiger partial charge >= 0.3 is 0 Å². The van der Waals surface area contributed by atoms with E-state index in [-0.39, 0.29) is 43.4 Å². The molecule has 0 bridgehead atoms. The van der Waals surface area contributed by atoms with E-state index in [1.54, 1.807) is 0 Å². The molecule has 0 aliphatic carbocycles. The Bertz CT molecular complexity index is 1400. The number of carbonyl (C=O) groups is 1. The topological polar surface area (TPSA) is 145 Å². The van der Waals surface area contributed by atoms with E-state index in [0.717, 1.165) is 41.2 Å². The van der Waals surface area contributed by atoms with Crippen LogP contribution in [0.25, 0.3) is 23.0 Å². The number of H-pyrrole nitrogens is 1. The van der Waals surface area contributed by atoms with E-state index >= 15 is 0 Å². The monoisotopic (exact) mass is 810 g/mol. The van der Waals surface area contributed by atoms with Crippen molar-refractivity contribution < 1.29 is 31.0 Å². The van der Waals surface area contributed by atoms with Gasteiger partial charge in [-0.05, 0) is 55.7 Å². The summed E-state index contributed by atoms with van der Waals surface area (Å²) in [6, 6.07) is 3.99. The van der Waals surface area contributed by atoms with Crippen molar-refractivity contribution >= 4 is 5.78 Å². The van der Waals surface area contributed by atoms with E-state index in [0.29, 0.717) is 23.5 Å². The van der Waals surface area contributed by atoms with Gasteiger partial charge in [0.05, 0.1) is 5.76 Å². The molecule has 0 amide bonds. The number of aliphatic hydroxyl groups excluding tert-OH is 1. The molecule has 11 heteroatoms. The number of aliphatic hydroxyl groups is 1. The molecule has 0 radical (unpaired) electrons. The molecular formula is C35H51N8O2Pt-. The van der Waals surface area contributed by atoms with E-state index in [1.807, 2.05) is 36.9 Å². The molecule has 46 heavy (non-hydrogen) atoms. The van der Waals surface area contributed by atoms with E-state index < -0.39 is 0 Å². The van der Waals surface area contributed by atoms with Crippen LogP contribution >= 0.6 is 0 Å². The van der Waals surface area contributed by atoms with Crippen molar-refractivity contribution in [1.29, 1.82) is 0 Å². The second kappa shape index (κ2) is 18.0. The van der Waals surface area contributed by atoms with Crippen molar-refractivity contribution in [2.45, 2.75) is 107 Å². The second-order valence-electron chi connectivity index (χ2n) is 14.2. The molecule has 0 aromatic carbocycles. The Morgan fingerprint density at radius 2 is 1.30 bits per heavy atom. The second-order valence-corrected chi connectivity index (χ2v) is 14.2. The molecule has 4 aromatic rings. The molecule has 10 nitrogen and oxygen atoms in total. The number of ketones is 1. The third kappa shape index (κ3) is 14.3. The minimum absolute atomic E-state index is 0. The van der Waals surface area contributed by atoms with Crippen molar-refractivity contribution in [2.24, 2.45) is 11.8 Å². The van der Waals surface area contributed by atoms with Crippen LogP contribution in [0.5, 0.6) is 0 Å². The van der Waals surface area contributed by atoms with E-state index in [1.165, 1.54) is 25.5 Å². The summed E-state index contributed by atoms with van der Waals surface area (Å²) in [5.41, 5.74) is 6.02. The smallest absolute Gasteiger partial charge is 0.180 e. The maximum Gasteiger partial charge on any atom is 0.180 e.